The molecule has 2 bridgehead atoms. The maximum Gasteiger partial charge on any atom is 0.313 e. The van der Waals surface area contributed by atoms with Crippen LogP contribution >= 0.6 is 15.9 Å². The summed E-state index contributed by atoms with van der Waals surface area (Å²) in [6.45, 7) is 0.291. The van der Waals surface area contributed by atoms with E-state index in [9.17, 15) is 14.7 Å². The molecule has 8 heteroatoms. The number of nitrogens with zero attached hydrogens (tertiary/aromatic N) is 1. The van der Waals surface area contributed by atoms with Gasteiger partial charge < -0.3 is 19.3 Å². The number of hydrogen-bond donors (Lipinski definition) is 1. The number of methoxy groups -OCH3 is 1. The number of rotatable bonds is 6. The summed E-state index contributed by atoms with van der Waals surface area (Å²) in [6.07, 6.45) is 1.42. The minimum Gasteiger partial charge on any atom is -0.487 e. The molecule has 1 aromatic heterocycles. The number of pyridine rings is 1. The van der Waals surface area contributed by atoms with E-state index < -0.39 is 34.8 Å². The van der Waals surface area contributed by atoms with Gasteiger partial charge in [0.2, 0.25) is 11.4 Å². The van der Waals surface area contributed by atoms with Crippen LogP contribution in [-0.2, 0) is 32.1 Å². The second kappa shape index (κ2) is 9.63. The molecule has 4 aromatic rings. The number of aliphatic hydroxyl groups is 1. The number of halogens is 1. The maximum absolute atomic E-state index is 14.4. The number of Topliss-reactive ketones (excluding diaryl/α,β-unsaturated/α-hetero) is 1. The highest BCUT2D eigenvalue weighted by Crippen LogP contribution is 2.64. The third-order valence-corrected chi connectivity index (χ3v) is 8.03. The van der Waals surface area contributed by atoms with Crippen LogP contribution in [-0.4, -0.2) is 29.0 Å². The van der Waals surface area contributed by atoms with Crippen LogP contribution in [0.15, 0.2) is 102 Å². The molecule has 1 fully saturated rings. The van der Waals surface area contributed by atoms with E-state index in [0.29, 0.717) is 23.5 Å². The smallest absolute Gasteiger partial charge is 0.313 e. The molecule has 4 atom stereocenters. The first-order valence-electron chi connectivity index (χ1n) is 12.4. The van der Waals surface area contributed by atoms with Crippen LogP contribution in [0.2, 0.25) is 0 Å². The number of aromatic nitrogens is 1. The number of carbonyl (C=O) groups is 2. The van der Waals surface area contributed by atoms with Gasteiger partial charge in [-0.25, -0.2) is 4.98 Å². The first kappa shape index (κ1) is 25.3. The van der Waals surface area contributed by atoms with Crippen molar-refractivity contribution in [3.8, 4) is 11.5 Å². The second-order valence-corrected chi connectivity index (χ2v) is 10.5. The molecule has 0 amide bonds. The summed E-state index contributed by atoms with van der Waals surface area (Å²) in [6, 6.07) is 27.5. The van der Waals surface area contributed by atoms with E-state index in [4.69, 9.17) is 14.2 Å². The quantitative estimate of drug-likeness (QED) is 0.316. The number of esters is 1. The highest BCUT2D eigenvalue weighted by molar-refractivity contribution is 9.10. The van der Waals surface area contributed by atoms with Gasteiger partial charge in [-0.15, -0.1) is 0 Å². The fraction of sp³-hybridized carbons (Fsp3) is 0.194. The van der Waals surface area contributed by atoms with Crippen LogP contribution < -0.4 is 9.47 Å². The predicted molar refractivity (Wildman–Crippen MR) is 145 cm³/mol. The zero-order chi connectivity index (χ0) is 27.2. The third-order valence-electron chi connectivity index (χ3n) is 7.50. The van der Waals surface area contributed by atoms with E-state index in [1.807, 2.05) is 60.7 Å². The van der Waals surface area contributed by atoms with Gasteiger partial charge >= 0.3 is 5.97 Å². The molecule has 1 unspecified atom stereocenters. The molecule has 1 aliphatic heterocycles. The van der Waals surface area contributed by atoms with E-state index >= 15 is 0 Å². The first-order chi connectivity index (χ1) is 18.9. The van der Waals surface area contributed by atoms with E-state index in [2.05, 4.69) is 20.9 Å². The van der Waals surface area contributed by atoms with Gasteiger partial charge in [0, 0.05) is 16.1 Å². The highest BCUT2D eigenvalue weighted by atomic mass is 79.9. The zero-order valence-corrected chi connectivity index (χ0v) is 22.5. The van der Waals surface area contributed by atoms with Crippen molar-refractivity contribution in [3.63, 3.8) is 0 Å². The van der Waals surface area contributed by atoms with Gasteiger partial charge in [0.1, 0.15) is 29.7 Å². The normalized spacial score (nSPS) is 24.9. The number of fused-ring (bicyclic) bond motifs is 4. The average Bonchev–Trinajstić information content (AvgIpc) is 3.10. The van der Waals surface area contributed by atoms with E-state index in [1.165, 1.54) is 13.3 Å². The Kier molecular flexibility index (Phi) is 6.24. The number of benzene rings is 3. The Hall–Kier alpha value is -4.01. The molecule has 1 N–H and O–H groups in total. The molecule has 1 aliphatic carbocycles. The van der Waals surface area contributed by atoms with Crippen molar-refractivity contribution in [1.82, 2.24) is 4.98 Å². The standard InChI is InChI=1S/C31H24BrNO6/c1-37-28(34)26-25(20-10-6-3-7-11-20)31(21-12-14-22(32)15-13-21)29(35)30(26,36)27-24(39-31)16-23(17-33-27)38-18-19-8-4-2-5-9-19/h2-17,25-26,36H,18H2,1H3/t25-,26-,30-,31?/m1/s1. The summed E-state index contributed by atoms with van der Waals surface area (Å²) < 4.78 is 18.6. The van der Waals surface area contributed by atoms with E-state index in [1.54, 1.807) is 30.3 Å². The summed E-state index contributed by atoms with van der Waals surface area (Å²) in [5.41, 5.74) is -1.97. The fourth-order valence-electron chi connectivity index (χ4n) is 5.78. The topological polar surface area (TPSA) is 95.0 Å². The SMILES string of the molecule is COC(=O)[C@H]1[C@@H](c2ccccc2)C2(c3ccc(Br)cc3)Oc3cc(OCc4ccccc4)cnc3[C@@]1(O)C2=O. The highest BCUT2D eigenvalue weighted by Gasteiger charge is 2.77. The van der Waals surface area contributed by atoms with Crippen molar-refractivity contribution in [3.05, 3.63) is 124 Å². The van der Waals surface area contributed by atoms with E-state index in [0.717, 1.165) is 10.0 Å². The van der Waals surface area contributed by atoms with Crippen LogP contribution in [0.1, 0.15) is 28.3 Å². The lowest BCUT2D eigenvalue weighted by Gasteiger charge is -2.38. The summed E-state index contributed by atoms with van der Waals surface area (Å²) in [4.78, 5) is 32.3. The number of hydrogen-bond acceptors (Lipinski definition) is 7. The molecule has 6 rings (SSSR count). The molecule has 196 valence electrons. The van der Waals surface area contributed by atoms with Gasteiger partial charge in [-0.05, 0) is 23.3 Å². The van der Waals surface area contributed by atoms with Crippen molar-refractivity contribution in [2.75, 3.05) is 7.11 Å². The molecule has 1 saturated carbocycles. The molecule has 0 spiro atoms. The molecular weight excluding hydrogens is 562 g/mol. The molecule has 39 heavy (non-hydrogen) atoms. The van der Waals surface area contributed by atoms with Crippen LogP contribution in [0.5, 0.6) is 11.5 Å². The number of ketones is 1. The Morgan fingerprint density at radius 2 is 1.69 bits per heavy atom. The van der Waals surface area contributed by atoms with Crippen molar-refractivity contribution >= 4 is 27.7 Å². The second-order valence-electron chi connectivity index (χ2n) is 9.62. The van der Waals surface area contributed by atoms with Crippen LogP contribution in [0.25, 0.3) is 0 Å². The van der Waals surface area contributed by atoms with Crippen LogP contribution in [0, 0.1) is 5.92 Å². The van der Waals surface area contributed by atoms with Crippen LogP contribution in [0.3, 0.4) is 0 Å². The molecule has 0 saturated heterocycles. The van der Waals surface area contributed by atoms with Gasteiger partial charge in [0.15, 0.2) is 5.60 Å². The van der Waals surface area contributed by atoms with Crippen molar-refractivity contribution in [2.45, 2.75) is 23.7 Å². The Bertz CT molecular complexity index is 1540. The lowest BCUT2D eigenvalue weighted by Crippen LogP contribution is -2.51. The zero-order valence-electron chi connectivity index (χ0n) is 20.9. The Morgan fingerprint density at radius 3 is 2.36 bits per heavy atom. The third kappa shape index (κ3) is 3.85. The summed E-state index contributed by atoms with van der Waals surface area (Å²) in [5.74, 6) is -3.07. The van der Waals surface area contributed by atoms with Crippen LogP contribution in [0.4, 0.5) is 0 Å². The lowest BCUT2D eigenvalue weighted by atomic mass is 9.75. The Labute approximate surface area is 233 Å². The van der Waals surface area contributed by atoms with Crippen molar-refractivity contribution < 1.29 is 28.9 Å². The molecule has 2 aliphatic rings. The minimum absolute atomic E-state index is 0.0406. The first-order valence-corrected chi connectivity index (χ1v) is 13.2. The molecule has 0 radical (unpaired) electrons. The molecule has 2 heterocycles. The van der Waals surface area contributed by atoms with E-state index in [-0.39, 0.29) is 11.4 Å². The largest absolute Gasteiger partial charge is 0.487 e. The number of carbonyl (C=O) groups excluding carboxylic acids is 2. The summed E-state index contributed by atoms with van der Waals surface area (Å²) >= 11 is 3.45. The Morgan fingerprint density at radius 1 is 1.03 bits per heavy atom. The van der Waals surface area contributed by atoms with Gasteiger partial charge in [-0.3, -0.25) is 9.59 Å². The number of ether oxygens (including phenoxy) is 3. The monoisotopic (exact) mass is 585 g/mol. The average molecular weight is 586 g/mol. The maximum atomic E-state index is 14.4. The molecular formula is C31H24BrNO6. The van der Waals surface area contributed by atoms with Gasteiger partial charge in [-0.2, -0.15) is 0 Å². The lowest BCUT2D eigenvalue weighted by molar-refractivity contribution is -0.163. The van der Waals surface area contributed by atoms with Gasteiger partial charge in [0.05, 0.1) is 19.2 Å². The molecule has 7 nitrogen and oxygen atoms in total. The van der Waals surface area contributed by atoms with Crippen molar-refractivity contribution in [1.29, 1.82) is 0 Å². The summed E-state index contributed by atoms with van der Waals surface area (Å²) in [5, 5.41) is 12.3. The summed E-state index contributed by atoms with van der Waals surface area (Å²) in [7, 11) is 1.24. The fourth-order valence-corrected chi connectivity index (χ4v) is 6.04. The van der Waals surface area contributed by atoms with Gasteiger partial charge in [0.25, 0.3) is 0 Å². The predicted octanol–water partition coefficient (Wildman–Crippen LogP) is 5.05. The molecule has 3 aromatic carbocycles. The van der Waals surface area contributed by atoms with Gasteiger partial charge in [-0.1, -0.05) is 88.7 Å². The minimum atomic E-state index is -2.30. The van der Waals surface area contributed by atoms with Crippen molar-refractivity contribution in [2.24, 2.45) is 5.92 Å². The Balaban J connectivity index is 1.55.